The molecule has 0 radical (unpaired) electrons. The van der Waals surface area contributed by atoms with Gasteiger partial charge in [-0.2, -0.15) is 0 Å². The highest BCUT2D eigenvalue weighted by molar-refractivity contribution is 6.20. The number of morpholine rings is 1. The van der Waals surface area contributed by atoms with E-state index in [-0.39, 0.29) is 12.0 Å². The first-order chi connectivity index (χ1) is 18.8. The molecule has 0 unspecified atom stereocenters. The van der Waals surface area contributed by atoms with Gasteiger partial charge in [0.25, 0.3) is 5.91 Å². The number of primary amides is 1. The first-order valence-corrected chi connectivity index (χ1v) is 13.1. The Kier molecular flexibility index (Phi) is 6.19. The van der Waals surface area contributed by atoms with E-state index in [4.69, 9.17) is 15.0 Å². The quantitative estimate of drug-likeness (QED) is 0.347. The molecule has 2 amide bonds. The standard InChI is InChI=1S/C31H30N4O4/c1-18-16-34(11-12-38-18)31(37)22-9-10-26-24(13-22)29-25(30(32)36)14-23(28-19(2)33-39-20(28)3)15-27(29)35(26)17-21-7-5-4-6-8-21/h4-10,13-15,18H,11-12,16-17H2,1-3H3,(H2,32,36)/t18-/m1/s1. The first kappa shape index (κ1) is 24.9. The van der Waals surface area contributed by atoms with Gasteiger partial charge >= 0.3 is 0 Å². The number of hydrogen-bond acceptors (Lipinski definition) is 5. The number of rotatable bonds is 5. The molecule has 0 saturated carbocycles. The van der Waals surface area contributed by atoms with Crippen LogP contribution in [0.15, 0.2) is 65.2 Å². The third kappa shape index (κ3) is 4.36. The van der Waals surface area contributed by atoms with Crippen LogP contribution in [0.2, 0.25) is 0 Å². The number of ether oxygens (including phenoxy) is 1. The zero-order valence-corrected chi connectivity index (χ0v) is 22.2. The van der Waals surface area contributed by atoms with Gasteiger partial charge in [-0.05, 0) is 62.2 Å². The molecule has 198 valence electrons. The summed E-state index contributed by atoms with van der Waals surface area (Å²) in [7, 11) is 0. The maximum atomic E-state index is 13.5. The second-order valence-electron chi connectivity index (χ2n) is 10.2. The van der Waals surface area contributed by atoms with Crippen LogP contribution in [0.5, 0.6) is 0 Å². The van der Waals surface area contributed by atoms with Gasteiger partial charge in [-0.15, -0.1) is 0 Å². The van der Waals surface area contributed by atoms with Crippen molar-refractivity contribution in [1.29, 1.82) is 0 Å². The molecule has 39 heavy (non-hydrogen) atoms. The fraction of sp³-hybridized carbons (Fsp3) is 0.258. The van der Waals surface area contributed by atoms with Crippen LogP contribution in [0.25, 0.3) is 32.9 Å². The molecule has 0 spiro atoms. The lowest BCUT2D eigenvalue weighted by Gasteiger charge is -2.31. The van der Waals surface area contributed by atoms with E-state index in [2.05, 4.69) is 27.9 Å². The Morgan fingerprint density at radius 3 is 2.54 bits per heavy atom. The van der Waals surface area contributed by atoms with Crippen molar-refractivity contribution in [2.45, 2.75) is 33.4 Å². The van der Waals surface area contributed by atoms with Crippen LogP contribution < -0.4 is 5.73 Å². The molecule has 1 saturated heterocycles. The fourth-order valence-electron chi connectivity index (χ4n) is 5.71. The lowest BCUT2D eigenvalue weighted by atomic mass is 9.97. The van der Waals surface area contributed by atoms with Gasteiger partial charge < -0.3 is 24.5 Å². The Labute approximate surface area is 225 Å². The van der Waals surface area contributed by atoms with Crippen LogP contribution in [-0.4, -0.2) is 52.2 Å². The van der Waals surface area contributed by atoms with Gasteiger partial charge in [0, 0.05) is 52.6 Å². The maximum Gasteiger partial charge on any atom is 0.254 e. The third-order valence-electron chi connectivity index (χ3n) is 7.51. The normalized spacial score (nSPS) is 15.8. The summed E-state index contributed by atoms with van der Waals surface area (Å²) < 4.78 is 13.2. The minimum Gasteiger partial charge on any atom is -0.375 e. The highest BCUT2D eigenvalue weighted by Crippen LogP contribution is 2.38. The van der Waals surface area contributed by atoms with Crippen molar-refractivity contribution in [2.75, 3.05) is 19.7 Å². The number of carbonyl (C=O) groups is 2. The number of amides is 2. The van der Waals surface area contributed by atoms with Crippen molar-refractivity contribution in [3.63, 3.8) is 0 Å². The fourth-order valence-corrected chi connectivity index (χ4v) is 5.71. The van der Waals surface area contributed by atoms with E-state index in [0.717, 1.165) is 44.2 Å². The summed E-state index contributed by atoms with van der Waals surface area (Å²) in [6.45, 7) is 7.89. The molecular weight excluding hydrogens is 492 g/mol. The number of fused-ring (bicyclic) bond motifs is 3. The van der Waals surface area contributed by atoms with E-state index in [9.17, 15) is 9.59 Å². The maximum absolute atomic E-state index is 13.5. The smallest absolute Gasteiger partial charge is 0.254 e. The summed E-state index contributed by atoms with van der Waals surface area (Å²) in [4.78, 5) is 28.2. The third-order valence-corrected chi connectivity index (χ3v) is 7.51. The van der Waals surface area contributed by atoms with Crippen molar-refractivity contribution in [3.05, 3.63) is 88.8 Å². The predicted molar refractivity (Wildman–Crippen MR) is 150 cm³/mol. The molecule has 2 N–H and O–H groups in total. The van der Waals surface area contributed by atoms with Crippen LogP contribution in [0, 0.1) is 13.8 Å². The predicted octanol–water partition coefficient (Wildman–Crippen LogP) is 5.07. The summed E-state index contributed by atoms with van der Waals surface area (Å²) in [5.74, 6) is 0.0793. The first-order valence-electron chi connectivity index (χ1n) is 13.1. The summed E-state index contributed by atoms with van der Waals surface area (Å²) >= 11 is 0. The monoisotopic (exact) mass is 522 g/mol. The van der Waals surface area contributed by atoms with E-state index in [1.807, 2.05) is 68.1 Å². The number of benzene rings is 3. The number of nitrogens with zero attached hydrogens (tertiary/aromatic N) is 3. The van der Waals surface area contributed by atoms with Crippen molar-refractivity contribution in [1.82, 2.24) is 14.6 Å². The Morgan fingerprint density at radius 2 is 1.85 bits per heavy atom. The van der Waals surface area contributed by atoms with Gasteiger partial charge in [0.05, 0.1) is 23.9 Å². The van der Waals surface area contributed by atoms with Gasteiger partial charge in [0.2, 0.25) is 5.91 Å². The highest BCUT2D eigenvalue weighted by atomic mass is 16.5. The molecule has 0 bridgehead atoms. The van der Waals surface area contributed by atoms with Crippen LogP contribution >= 0.6 is 0 Å². The second kappa shape index (κ2) is 9.71. The van der Waals surface area contributed by atoms with Crippen molar-refractivity contribution >= 4 is 33.6 Å². The Hall–Kier alpha value is -4.43. The Morgan fingerprint density at radius 1 is 1.05 bits per heavy atom. The van der Waals surface area contributed by atoms with Crippen molar-refractivity contribution in [3.8, 4) is 11.1 Å². The molecule has 6 rings (SSSR count). The minimum atomic E-state index is -0.536. The topological polar surface area (TPSA) is 104 Å². The van der Waals surface area contributed by atoms with Gasteiger partial charge in [0.15, 0.2) is 0 Å². The van der Waals surface area contributed by atoms with E-state index >= 15 is 0 Å². The number of aryl methyl sites for hydroxylation is 2. The zero-order valence-electron chi connectivity index (χ0n) is 22.2. The molecule has 5 aromatic rings. The largest absolute Gasteiger partial charge is 0.375 e. The average Bonchev–Trinajstić information content (AvgIpc) is 3.43. The van der Waals surface area contributed by atoms with Crippen LogP contribution in [0.3, 0.4) is 0 Å². The number of aromatic nitrogens is 2. The molecule has 1 aliphatic rings. The number of carbonyl (C=O) groups excluding carboxylic acids is 2. The van der Waals surface area contributed by atoms with Gasteiger partial charge in [0.1, 0.15) is 5.76 Å². The van der Waals surface area contributed by atoms with E-state index in [1.165, 1.54) is 0 Å². The molecule has 1 atom stereocenters. The molecule has 8 nitrogen and oxygen atoms in total. The molecule has 1 aliphatic heterocycles. The summed E-state index contributed by atoms with van der Waals surface area (Å²) in [5, 5.41) is 5.65. The molecule has 0 aliphatic carbocycles. The molecule has 3 aromatic carbocycles. The number of hydrogen-bond donors (Lipinski definition) is 1. The molecule has 2 aromatic heterocycles. The number of nitrogens with two attached hydrogens (primary N) is 1. The van der Waals surface area contributed by atoms with Crippen LogP contribution in [0.1, 0.15) is 44.7 Å². The lowest BCUT2D eigenvalue weighted by Crippen LogP contribution is -2.44. The van der Waals surface area contributed by atoms with E-state index < -0.39 is 5.91 Å². The highest BCUT2D eigenvalue weighted by Gasteiger charge is 2.25. The Bertz CT molecular complexity index is 1710. The summed E-state index contributed by atoms with van der Waals surface area (Å²) in [5.41, 5.74) is 12.2. The van der Waals surface area contributed by atoms with Gasteiger partial charge in [-0.1, -0.05) is 35.5 Å². The van der Waals surface area contributed by atoms with Crippen molar-refractivity contribution < 1.29 is 18.8 Å². The SMILES string of the molecule is Cc1noc(C)c1-c1cc(C(N)=O)c2c3cc(C(=O)N4CCO[C@H](C)C4)ccc3n(Cc3ccccc3)c2c1. The molecule has 3 heterocycles. The lowest BCUT2D eigenvalue weighted by molar-refractivity contribution is -0.0124. The summed E-state index contributed by atoms with van der Waals surface area (Å²) in [6, 6.07) is 19.7. The van der Waals surface area contributed by atoms with Crippen LogP contribution in [0.4, 0.5) is 0 Å². The molecule has 8 heteroatoms. The average molecular weight is 523 g/mol. The molecule has 1 fully saturated rings. The van der Waals surface area contributed by atoms with Crippen molar-refractivity contribution in [2.24, 2.45) is 5.73 Å². The summed E-state index contributed by atoms with van der Waals surface area (Å²) in [6.07, 6.45) is -0.0107. The zero-order chi connectivity index (χ0) is 27.3. The second-order valence-corrected chi connectivity index (χ2v) is 10.2. The van der Waals surface area contributed by atoms with E-state index in [0.29, 0.717) is 43.1 Å². The van der Waals surface area contributed by atoms with E-state index in [1.54, 1.807) is 0 Å². The Balaban J connectivity index is 1.61. The van der Waals surface area contributed by atoms with Gasteiger partial charge in [-0.25, -0.2) is 0 Å². The van der Waals surface area contributed by atoms with Crippen LogP contribution in [-0.2, 0) is 11.3 Å². The van der Waals surface area contributed by atoms with Gasteiger partial charge in [-0.3, -0.25) is 9.59 Å². The minimum absolute atomic E-state index is 0.0107. The molecular formula is C31H30N4O4.